The predicted octanol–water partition coefficient (Wildman–Crippen LogP) is 4.16. The molecule has 2 amide bonds. The smallest absolute Gasteiger partial charge is 0.407 e. The third kappa shape index (κ3) is 5.69. The zero-order valence-electron chi connectivity index (χ0n) is 19.7. The fourth-order valence-electron chi connectivity index (χ4n) is 4.13. The molecule has 0 bridgehead atoms. The van der Waals surface area contributed by atoms with Crippen molar-refractivity contribution in [1.82, 2.24) is 10.6 Å². The molecule has 1 aliphatic rings. The molecule has 0 aliphatic heterocycles. The van der Waals surface area contributed by atoms with Crippen LogP contribution in [-0.2, 0) is 25.7 Å². The second-order valence-electron chi connectivity index (χ2n) is 8.52. The molecule has 180 valence electrons. The summed E-state index contributed by atoms with van der Waals surface area (Å²) < 4.78 is 10.7. The zero-order chi connectivity index (χ0) is 24.8. The third-order valence-corrected chi connectivity index (χ3v) is 6.01. The van der Waals surface area contributed by atoms with E-state index in [1.54, 1.807) is 0 Å². The van der Waals surface area contributed by atoms with Gasteiger partial charge in [-0.25, -0.2) is 9.59 Å². The Kier molecular flexibility index (Phi) is 7.45. The summed E-state index contributed by atoms with van der Waals surface area (Å²) in [5.41, 5.74) is 5.34. The highest BCUT2D eigenvalue weighted by Crippen LogP contribution is 2.44. The van der Waals surface area contributed by atoms with E-state index < -0.39 is 30.1 Å². The van der Waals surface area contributed by atoms with Crippen molar-refractivity contribution in [3.05, 3.63) is 95.6 Å². The summed E-state index contributed by atoms with van der Waals surface area (Å²) in [5, 5.41) is 5.09. The molecule has 0 aromatic heterocycles. The van der Waals surface area contributed by atoms with E-state index in [4.69, 9.17) is 9.47 Å². The highest BCUT2D eigenvalue weighted by Gasteiger charge is 2.29. The first-order valence-corrected chi connectivity index (χ1v) is 11.6. The summed E-state index contributed by atoms with van der Waals surface area (Å²) in [6, 6.07) is 23.6. The van der Waals surface area contributed by atoms with Gasteiger partial charge in [0, 0.05) is 5.92 Å². The SMILES string of the molecule is C[C@H](NC(=O)OCC1c2ccccc2-c2ccccc21)C(=O)N[C@@H](C)C(=O)OCc1ccccc1. The van der Waals surface area contributed by atoms with Crippen molar-refractivity contribution < 1.29 is 23.9 Å². The van der Waals surface area contributed by atoms with E-state index in [2.05, 4.69) is 22.8 Å². The number of esters is 1. The molecular formula is C28H28N2O5. The Hall–Kier alpha value is -4.13. The van der Waals surface area contributed by atoms with Gasteiger partial charge >= 0.3 is 12.1 Å². The van der Waals surface area contributed by atoms with Crippen LogP contribution < -0.4 is 10.6 Å². The summed E-state index contributed by atoms with van der Waals surface area (Å²) in [4.78, 5) is 37.1. The second-order valence-corrected chi connectivity index (χ2v) is 8.52. The maximum Gasteiger partial charge on any atom is 0.407 e. The highest BCUT2D eigenvalue weighted by molar-refractivity contribution is 5.89. The van der Waals surface area contributed by atoms with Crippen LogP contribution in [0.2, 0.25) is 0 Å². The minimum Gasteiger partial charge on any atom is -0.459 e. The van der Waals surface area contributed by atoms with Gasteiger partial charge in [0.25, 0.3) is 0 Å². The maximum absolute atomic E-state index is 12.5. The Labute approximate surface area is 204 Å². The lowest BCUT2D eigenvalue weighted by Crippen LogP contribution is -2.49. The molecule has 0 fully saturated rings. The third-order valence-electron chi connectivity index (χ3n) is 6.01. The zero-order valence-corrected chi connectivity index (χ0v) is 19.7. The molecule has 35 heavy (non-hydrogen) atoms. The fraction of sp³-hybridized carbons (Fsp3) is 0.250. The van der Waals surface area contributed by atoms with Gasteiger partial charge in [0.2, 0.25) is 5.91 Å². The monoisotopic (exact) mass is 472 g/mol. The number of ether oxygens (including phenoxy) is 2. The Morgan fingerprint density at radius 3 is 1.94 bits per heavy atom. The quantitative estimate of drug-likeness (QED) is 0.480. The molecule has 7 heteroatoms. The van der Waals surface area contributed by atoms with Gasteiger partial charge in [0.05, 0.1) is 0 Å². The molecule has 4 rings (SSSR count). The van der Waals surface area contributed by atoms with Crippen LogP contribution in [-0.4, -0.2) is 36.7 Å². The van der Waals surface area contributed by atoms with Crippen molar-refractivity contribution in [1.29, 1.82) is 0 Å². The van der Waals surface area contributed by atoms with Crippen LogP contribution in [0, 0.1) is 0 Å². The number of hydrogen-bond acceptors (Lipinski definition) is 5. The van der Waals surface area contributed by atoms with Gasteiger partial charge < -0.3 is 20.1 Å². The molecule has 2 N–H and O–H groups in total. The van der Waals surface area contributed by atoms with Crippen molar-refractivity contribution in [3.63, 3.8) is 0 Å². The van der Waals surface area contributed by atoms with Crippen LogP contribution in [0.3, 0.4) is 0 Å². The van der Waals surface area contributed by atoms with Crippen LogP contribution in [0.5, 0.6) is 0 Å². The number of carbonyl (C=O) groups is 3. The van der Waals surface area contributed by atoms with E-state index >= 15 is 0 Å². The number of fused-ring (bicyclic) bond motifs is 3. The van der Waals surface area contributed by atoms with E-state index in [0.717, 1.165) is 27.8 Å². The van der Waals surface area contributed by atoms with Crippen LogP contribution in [0.4, 0.5) is 4.79 Å². The molecule has 0 spiro atoms. The minimum absolute atomic E-state index is 0.0725. The van der Waals surface area contributed by atoms with Crippen LogP contribution in [0.15, 0.2) is 78.9 Å². The molecule has 0 radical (unpaired) electrons. The van der Waals surface area contributed by atoms with Crippen molar-refractivity contribution in [2.24, 2.45) is 0 Å². The minimum atomic E-state index is -0.893. The first-order chi connectivity index (χ1) is 16.9. The predicted molar refractivity (Wildman–Crippen MR) is 132 cm³/mol. The van der Waals surface area contributed by atoms with E-state index in [1.807, 2.05) is 66.7 Å². The van der Waals surface area contributed by atoms with Gasteiger partial charge in [-0.1, -0.05) is 78.9 Å². The molecule has 7 nitrogen and oxygen atoms in total. The summed E-state index contributed by atoms with van der Waals surface area (Å²) in [6.45, 7) is 3.33. The molecule has 1 aliphatic carbocycles. The van der Waals surface area contributed by atoms with Gasteiger partial charge in [-0.15, -0.1) is 0 Å². The molecule has 0 heterocycles. The van der Waals surface area contributed by atoms with E-state index in [0.29, 0.717) is 0 Å². The molecule has 0 unspecified atom stereocenters. The number of hydrogen-bond donors (Lipinski definition) is 2. The van der Waals surface area contributed by atoms with Gasteiger partial charge in [-0.2, -0.15) is 0 Å². The summed E-state index contributed by atoms with van der Waals surface area (Å²) in [5.74, 6) is -1.14. The number of nitrogens with one attached hydrogen (secondary N) is 2. The normalized spacial score (nSPS) is 13.7. The molecule has 0 saturated heterocycles. The first kappa shape index (κ1) is 24.0. The lowest BCUT2D eigenvalue weighted by atomic mass is 9.98. The highest BCUT2D eigenvalue weighted by atomic mass is 16.5. The summed E-state index contributed by atoms with van der Waals surface area (Å²) >= 11 is 0. The van der Waals surface area contributed by atoms with E-state index in [9.17, 15) is 14.4 Å². The molecular weight excluding hydrogens is 444 g/mol. The second kappa shape index (κ2) is 10.9. The first-order valence-electron chi connectivity index (χ1n) is 11.6. The lowest BCUT2D eigenvalue weighted by molar-refractivity contribution is -0.148. The standard InChI is InChI=1S/C28H28N2O5/c1-18(26(31)29-19(2)27(32)34-16-20-10-4-3-5-11-20)30-28(33)35-17-25-23-14-8-6-12-21(23)22-13-7-9-15-24(22)25/h3-15,18-19,25H,16-17H2,1-2H3,(H,29,31)(H,30,33)/t18-,19-/m0/s1. The number of carbonyl (C=O) groups excluding carboxylic acids is 3. The summed E-state index contributed by atoms with van der Waals surface area (Å²) in [6.07, 6.45) is -0.700. The average Bonchev–Trinajstić information content (AvgIpc) is 3.20. The fourth-order valence-corrected chi connectivity index (χ4v) is 4.13. The number of benzene rings is 3. The Morgan fingerprint density at radius 1 is 0.743 bits per heavy atom. The van der Waals surface area contributed by atoms with Crippen molar-refractivity contribution in [2.75, 3.05) is 6.61 Å². The number of amides is 2. The molecule has 3 aromatic rings. The van der Waals surface area contributed by atoms with Gasteiger partial charge in [0.15, 0.2) is 0 Å². The van der Waals surface area contributed by atoms with E-state index in [-0.39, 0.29) is 19.1 Å². The number of alkyl carbamates (subject to hydrolysis) is 1. The van der Waals surface area contributed by atoms with Crippen molar-refractivity contribution >= 4 is 18.0 Å². The van der Waals surface area contributed by atoms with Crippen LogP contribution >= 0.6 is 0 Å². The Balaban J connectivity index is 1.25. The maximum atomic E-state index is 12.5. The largest absolute Gasteiger partial charge is 0.459 e. The molecule has 2 atom stereocenters. The van der Waals surface area contributed by atoms with E-state index in [1.165, 1.54) is 13.8 Å². The Morgan fingerprint density at radius 2 is 1.31 bits per heavy atom. The van der Waals surface area contributed by atoms with Crippen molar-refractivity contribution in [2.45, 2.75) is 38.5 Å². The lowest BCUT2D eigenvalue weighted by Gasteiger charge is -2.19. The van der Waals surface area contributed by atoms with Gasteiger partial charge in [-0.05, 0) is 41.7 Å². The van der Waals surface area contributed by atoms with Crippen LogP contribution in [0.25, 0.3) is 11.1 Å². The van der Waals surface area contributed by atoms with Crippen LogP contribution in [0.1, 0.15) is 36.5 Å². The summed E-state index contributed by atoms with van der Waals surface area (Å²) in [7, 11) is 0. The topological polar surface area (TPSA) is 93.7 Å². The Bertz CT molecular complexity index is 1170. The van der Waals surface area contributed by atoms with Gasteiger partial charge in [0.1, 0.15) is 25.3 Å². The average molecular weight is 473 g/mol. The number of rotatable bonds is 8. The molecule has 0 saturated carbocycles. The molecule has 3 aromatic carbocycles. The van der Waals surface area contributed by atoms with Crippen molar-refractivity contribution in [3.8, 4) is 11.1 Å². The van der Waals surface area contributed by atoms with Gasteiger partial charge in [-0.3, -0.25) is 4.79 Å².